The van der Waals surface area contributed by atoms with Crippen molar-refractivity contribution >= 4 is 11.8 Å². The number of aromatic nitrogens is 2. The van der Waals surface area contributed by atoms with Crippen LogP contribution in [-0.2, 0) is 10.9 Å². The molecule has 2 aliphatic heterocycles. The summed E-state index contributed by atoms with van der Waals surface area (Å²) in [6.45, 7) is 3.42. The molecule has 3 heterocycles. The van der Waals surface area contributed by atoms with E-state index in [4.69, 9.17) is 4.74 Å². The second kappa shape index (κ2) is 5.32. The third-order valence-corrected chi connectivity index (χ3v) is 3.71. The predicted octanol–water partition coefficient (Wildman–Crippen LogP) is 2.29. The van der Waals surface area contributed by atoms with Gasteiger partial charge < -0.3 is 15.0 Å². The van der Waals surface area contributed by atoms with Crippen LogP contribution in [0.25, 0.3) is 0 Å². The molecule has 2 bridgehead atoms. The van der Waals surface area contributed by atoms with E-state index in [1.165, 1.54) is 0 Å². The molecule has 2 unspecified atom stereocenters. The summed E-state index contributed by atoms with van der Waals surface area (Å²) in [4.78, 5) is 9.61. The Morgan fingerprint density at radius 2 is 1.95 bits per heavy atom. The normalized spacial score (nSPS) is 25.2. The van der Waals surface area contributed by atoms with Crippen LogP contribution in [0, 0.1) is 0 Å². The van der Waals surface area contributed by atoms with Crippen LogP contribution in [0.3, 0.4) is 0 Å². The average molecular weight is 302 g/mol. The number of hydrogen-bond donors (Lipinski definition) is 1. The molecule has 5 nitrogen and oxygen atoms in total. The third kappa shape index (κ3) is 3.04. The second-order valence-corrected chi connectivity index (χ2v) is 5.33. The highest BCUT2D eigenvalue weighted by atomic mass is 19.4. The van der Waals surface area contributed by atoms with Crippen molar-refractivity contribution in [1.29, 1.82) is 0 Å². The van der Waals surface area contributed by atoms with E-state index >= 15 is 0 Å². The smallest absolute Gasteiger partial charge is 0.371 e. The van der Waals surface area contributed by atoms with Gasteiger partial charge in [0.25, 0.3) is 0 Å². The first-order chi connectivity index (χ1) is 9.95. The summed E-state index contributed by atoms with van der Waals surface area (Å²) in [7, 11) is 0. The average Bonchev–Trinajstić information content (AvgIpc) is 2.76. The van der Waals surface area contributed by atoms with Gasteiger partial charge in [0.2, 0.25) is 5.95 Å². The molecule has 0 spiro atoms. The van der Waals surface area contributed by atoms with Gasteiger partial charge in [0, 0.05) is 25.7 Å². The summed E-state index contributed by atoms with van der Waals surface area (Å²) in [6.07, 6.45) is -2.38. The van der Waals surface area contributed by atoms with Crippen molar-refractivity contribution in [2.24, 2.45) is 0 Å². The fourth-order valence-corrected chi connectivity index (χ4v) is 2.78. The van der Waals surface area contributed by atoms with E-state index in [1.807, 2.05) is 4.90 Å². The van der Waals surface area contributed by atoms with Crippen molar-refractivity contribution in [2.75, 3.05) is 29.9 Å². The summed E-state index contributed by atoms with van der Waals surface area (Å²) in [5, 5.41) is 2.76. The lowest BCUT2D eigenvalue weighted by Crippen LogP contribution is -2.43. The molecule has 1 aromatic rings. The first kappa shape index (κ1) is 14.4. The van der Waals surface area contributed by atoms with Crippen molar-refractivity contribution < 1.29 is 17.9 Å². The number of morpholine rings is 1. The Labute approximate surface area is 120 Å². The molecule has 0 amide bonds. The van der Waals surface area contributed by atoms with Gasteiger partial charge in [-0.05, 0) is 19.8 Å². The molecule has 8 heteroatoms. The number of rotatable bonds is 3. The van der Waals surface area contributed by atoms with Gasteiger partial charge in [-0.3, -0.25) is 0 Å². The minimum atomic E-state index is -4.48. The van der Waals surface area contributed by atoms with E-state index in [9.17, 15) is 13.2 Å². The number of fused-ring (bicyclic) bond motifs is 2. The van der Waals surface area contributed by atoms with Gasteiger partial charge in [-0.15, -0.1) is 0 Å². The molecule has 2 saturated heterocycles. The van der Waals surface area contributed by atoms with Crippen molar-refractivity contribution in [2.45, 2.75) is 38.1 Å². The molecular formula is C13H17F3N4O. The lowest BCUT2D eigenvalue weighted by molar-refractivity contribution is -0.141. The van der Waals surface area contributed by atoms with Crippen molar-refractivity contribution in [1.82, 2.24) is 9.97 Å². The van der Waals surface area contributed by atoms with E-state index in [0.29, 0.717) is 25.5 Å². The molecule has 0 saturated carbocycles. The second-order valence-electron chi connectivity index (χ2n) is 5.33. The molecule has 3 rings (SSSR count). The maximum Gasteiger partial charge on any atom is 0.433 e. The third-order valence-electron chi connectivity index (χ3n) is 3.71. The molecule has 0 aliphatic carbocycles. The number of alkyl halides is 3. The van der Waals surface area contributed by atoms with E-state index < -0.39 is 11.9 Å². The Morgan fingerprint density at radius 1 is 1.29 bits per heavy atom. The summed E-state index contributed by atoms with van der Waals surface area (Å²) in [5.74, 6) is 0.328. The standard InChI is InChI=1S/C13H17F3N4O/c1-2-17-12-18-10(13(14,15)16)5-11(19-12)20-6-8-3-4-9(7-20)21-8/h5,8-9H,2-4,6-7H2,1H3,(H,17,18,19). The van der Waals surface area contributed by atoms with Crippen LogP contribution in [0.2, 0.25) is 0 Å². The van der Waals surface area contributed by atoms with Crippen LogP contribution in [0.15, 0.2) is 6.07 Å². The van der Waals surface area contributed by atoms with Crippen LogP contribution in [0.5, 0.6) is 0 Å². The number of ether oxygens (including phenoxy) is 1. The lowest BCUT2D eigenvalue weighted by atomic mass is 10.2. The zero-order chi connectivity index (χ0) is 15.0. The Hall–Kier alpha value is -1.57. The highest BCUT2D eigenvalue weighted by molar-refractivity contribution is 5.46. The number of anilines is 2. The first-order valence-electron chi connectivity index (χ1n) is 7.06. The highest BCUT2D eigenvalue weighted by Gasteiger charge is 2.37. The molecule has 2 aliphatic rings. The van der Waals surface area contributed by atoms with Gasteiger partial charge in [-0.1, -0.05) is 0 Å². The summed E-state index contributed by atoms with van der Waals surface area (Å²) < 4.78 is 44.6. The van der Waals surface area contributed by atoms with Gasteiger partial charge in [0.1, 0.15) is 5.82 Å². The highest BCUT2D eigenvalue weighted by Crippen LogP contribution is 2.33. The summed E-state index contributed by atoms with van der Waals surface area (Å²) >= 11 is 0. The van der Waals surface area contributed by atoms with Gasteiger partial charge >= 0.3 is 6.18 Å². The summed E-state index contributed by atoms with van der Waals surface area (Å²) in [6, 6.07) is 1.02. The Morgan fingerprint density at radius 3 is 2.52 bits per heavy atom. The molecule has 0 radical (unpaired) electrons. The van der Waals surface area contributed by atoms with Crippen LogP contribution in [0.4, 0.5) is 24.9 Å². The predicted molar refractivity (Wildman–Crippen MR) is 71.3 cm³/mol. The minimum Gasteiger partial charge on any atom is -0.371 e. The SMILES string of the molecule is CCNc1nc(N2CC3CCC(C2)O3)cc(C(F)(F)F)n1. The molecule has 116 valence electrons. The van der Waals surface area contributed by atoms with Crippen molar-refractivity contribution in [3.8, 4) is 0 Å². The Kier molecular flexibility index (Phi) is 3.64. The van der Waals surface area contributed by atoms with Gasteiger partial charge in [0.15, 0.2) is 5.69 Å². The molecule has 1 aromatic heterocycles. The summed E-state index contributed by atoms with van der Waals surface area (Å²) in [5.41, 5.74) is -0.915. The molecule has 2 fully saturated rings. The number of nitrogens with zero attached hydrogens (tertiary/aromatic N) is 3. The molecule has 21 heavy (non-hydrogen) atoms. The lowest BCUT2D eigenvalue weighted by Gasteiger charge is -2.33. The van der Waals surface area contributed by atoms with Crippen LogP contribution >= 0.6 is 0 Å². The fourth-order valence-electron chi connectivity index (χ4n) is 2.78. The molecular weight excluding hydrogens is 285 g/mol. The fraction of sp³-hybridized carbons (Fsp3) is 0.692. The minimum absolute atomic E-state index is 0.0150. The van der Waals surface area contributed by atoms with Gasteiger partial charge in [-0.25, -0.2) is 4.98 Å². The molecule has 0 aromatic carbocycles. The number of halogens is 3. The molecule has 1 N–H and O–H groups in total. The van der Waals surface area contributed by atoms with E-state index in [-0.39, 0.29) is 18.2 Å². The van der Waals surface area contributed by atoms with Gasteiger partial charge in [0.05, 0.1) is 12.2 Å². The maximum atomic E-state index is 13.0. The quantitative estimate of drug-likeness (QED) is 0.928. The van der Waals surface area contributed by atoms with Gasteiger partial charge in [-0.2, -0.15) is 18.2 Å². The van der Waals surface area contributed by atoms with E-state index in [2.05, 4.69) is 15.3 Å². The van der Waals surface area contributed by atoms with Crippen LogP contribution in [-0.4, -0.2) is 41.8 Å². The van der Waals surface area contributed by atoms with E-state index in [1.54, 1.807) is 6.92 Å². The maximum absolute atomic E-state index is 13.0. The molecule has 2 atom stereocenters. The number of nitrogens with one attached hydrogen (secondary N) is 1. The zero-order valence-corrected chi connectivity index (χ0v) is 11.7. The first-order valence-corrected chi connectivity index (χ1v) is 7.06. The Bertz CT molecular complexity index is 511. The van der Waals surface area contributed by atoms with E-state index in [0.717, 1.165) is 18.9 Å². The topological polar surface area (TPSA) is 50.3 Å². The van der Waals surface area contributed by atoms with Crippen LogP contribution < -0.4 is 10.2 Å². The largest absolute Gasteiger partial charge is 0.433 e. The Balaban J connectivity index is 1.91. The zero-order valence-electron chi connectivity index (χ0n) is 11.7. The van der Waals surface area contributed by atoms with Crippen molar-refractivity contribution in [3.63, 3.8) is 0 Å². The van der Waals surface area contributed by atoms with Crippen molar-refractivity contribution in [3.05, 3.63) is 11.8 Å². The monoisotopic (exact) mass is 302 g/mol. The number of hydrogen-bond acceptors (Lipinski definition) is 5. The van der Waals surface area contributed by atoms with Crippen LogP contribution in [0.1, 0.15) is 25.5 Å².